The number of carbonyl (C=O) groups is 1. The van der Waals surface area contributed by atoms with Crippen LogP contribution in [0.15, 0.2) is 60.0 Å². The number of benzene rings is 2. The summed E-state index contributed by atoms with van der Waals surface area (Å²) in [5, 5.41) is 15.0. The average molecular weight is 354 g/mol. The molecule has 0 radical (unpaired) electrons. The van der Waals surface area contributed by atoms with E-state index in [1.165, 1.54) is 11.3 Å². The molecule has 0 saturated heterocycles. The molecular weight excluding hydrogens is 336 g/mol. The number of ether oxygens (including phenoxy) is 1. The number of rotatable bonds is 7. The molecule has 3 rings (SSSR count). The highest BCUT2D eigenvalue weighted by Gasteiger charge is 2.19. The molecule has 0 aliphatic carbocycles. The highest BCUT2D eigenvalue weighted by Crippen LogP contribution is 2.27. The molecule has 0 aliphatic heterocycles. The minimum Gasteiger partial charge on any atom is -0.497 e. The van der Waals surface area contributed by atoms with Crippen LogP contribution in [0.2, 0.25) is 0 Å². The van der Waals surface area contributed by atoms with Gasteiger partial charge in [-0.15, -0.1) is 11.3 Å². The minimum atomic E-state index is -0.898. The second kappa shape index (κ2) is 7.81. The Morgan fingerprint density at radius 2 is 1.92 bits per heavy atom. The van der Waals surface area contributed by atoms with E-state index in [0.29, 0.717) is 11.6 Å². The van der Waals surface area contributed by atoms with Gasteiger partial charge in [0, 0.05) is 17.4 Å². The van der Waals surface area contributed by atoms with Crippen LogP contribution in [-0.4, -0.2) is 29.2 Å². The van der Waals surface area contributed by atoms with Gasteiger partial charge in [0.05, 0.1) is 12.8 Å². The zero-order valence-electron chi connectivity index (χ0n) is 13.7. The van der Waals surface area contributed by atoms with Gasteiger partial charge in [-0.3, -0.25) is 0 Å². The van der Waals surface area contributed by atoms with Crippen LogP contribution in [0.4, 0.5) is 5.13 Å². The van der Waals surface area contributed by atoms with Crippen LogP contribution in [0.25, 0.3) is 11.3 Å². The first-order valence-corrected chi connectivity index (χ1v) is 8.67. The van der Waals surface area contributed by atoms with Gasteiger partial charge in [0.15, 0.2) is 5.13 Å². The van der Waals surface area contributed by atoms with E-state index in [2.05, 4.69) is 10.3 Å². The molecule has 1 heterocycles. The second-order valence-electron chi connectivity index (χ2n) is 5.49. The van der Waals surface area contributed by atoms with E-state index < -0.39 is 12.0 Å². The van der Waals surface area contributed by atoms with Crippen LogP contribution in [0.3, 0.4) is 0 Å². The second-order valence-corrected chi connectivity index (χ2v) is 6.35. The van der Waals surface area contributed by atoms with E-state index in [1.807, 2.05) is 60.0 Å². The van der Waals surface area contributed by atoms with Crippen molar-refractivity contribution in [2.45, 2.75) is 12.5 Å². The fraction of sp³-hybridized carbons (Fsp3) is 0.158. The zero-order valence-corrected chi connectivity index (χ0v) is 14.5. The number of carboxylic acids is 1. The molecule has 6 heteroatoms. The standard InChI is InChI=1S/C19H18N2O3S/c1-24-15-9-7-14(8-10-15)17-12-25-19(21-17)20-16(18(22)23)11-13-5-3-2-4-6-13/h2-10,12,16H,11H2,1H3,(H,20,21)(H,22,23)/t16-/m1/s1. The first-order valence-electron chi connectivity index (χ1n) is 7.79. The van der Waals surface area contributed by atoms with E-state index in [4.69, 9.17) is 4.74 Å². The molecule has 1 aromatic heterocycles. The van der Waals surface area contributed by atoms with Gasteiger partial charge in [-0.25, -0.2) is 9.78 Å². The summed E-state index contributed by atoms with van der Waals surface area (Å²) in [6.07, 6.45) is 0.396. The van der Waals surface area contributed by atoms with Crippen LogP contribution in [0.1, 0.15) is 5.56 Å². The molecule has 2 N–H and O–H groups in total. The molecule has 0 spiro atoms. The SMILES string of the molecule is COc1ccc(-c2csc(N[C@H](Cc3ccccc3)C(=O)O)n2)cc1. The molecular formula is C19H18N2O3S. The number of nitrogens with zero attached hydrogens (tertiary/aromatic N) is 1. The van der Waals surface area contributed by atoms with E-state index in [-0.39, 0.29) is 0 Å². The number of thiazole rings is 1. The Balaban J connectivity index is 1.72. The largest absolute Gasteiger partial charge is 0.497 e. The van der Waals surface area contributed by atoms with Gasteiger partial charge in [-0.05, 0) is 29.8 Å². The molecule has 0 bridgehead atoms. The molecule has 3 aromatic rings. The highest BCUT2D eigenvalue weighted by atomic mass is 32.1. The van der Waals surface area contributed by atoms with Gasteiger partial charge in [0.1, 0.15) is 11.8 Å². The van der Waals surface area contributed by atoms with E-state index in [1.54, 1.807) is 7.11 Å². The van der Waals surface area contributed by atoms with E-state index in [0.717, 1.165) is 22.6 Å². The third kappa shape index (κ3) is 4.36. The van der Waals surface area contributed by atoms with E-state index >= 15 is 0 Å². The van der Waals surface area contributed by atoms with Crippen molar-refractivity contribution < 1.29 is 14.6 Å². The van der Waals surface area contributed by atoms with Crippen LogP contribution in [-0.2, 0) is 11.2 Å². The summed E-state index contributed by atoms with van der Waals surface area (Å²) in [7, 11) is 1.62. The number of hydrogen-bond acceptors (Lipinski definition) is 5. The number of aliphatic carboxylic acids is 1. The smallest absolute Gasteiger partial charge is 0.326 e. The van der Waals surface area contributed by atoms with Gasteiger partial charge in [0.2, 0.25) is 0 Å². The minimum absolute atomic E-state index is 0.396. The molecule has 0 saturated carbocycles. The number of hydrogen-bond donors (Lipinski definition) is 2. The first-order chi connectivity index (χ1) is 12.2. The van der Waals surface area contributed by atoms with Crippen LogP contribution < -0.4 is 10.1 Å². The van der Waals surface area contributed by atoms with Crippen molar-refractivity contribution in [2.24, 2.45) is 0 Å². The predicted octanol–water partition coefficient (Wildman–Crippen LogP) is 3.93. The molecule has 2 aromatic carbocycles. The maximum Gasteiger partial charge on any atom is 0.326 e. The molecule has 25 heavy (non-hydrogen) atoms. The summed E-state index contributed by atoms with van der Waals surface area (Å²) in [5.41, 5.74) is 2.73. The van der Waals surface area contributed by atoms with Crippen molar-refractivity contribution in [3.05, 3.63) is 65.5 Å². The summed E-state index contributed by atoms with van der Waals surface area (Å²) < 4.78 is 5.15. The lowest BCUT2D eigenvalue weighted by Crippen LogP contribution is -2.31. The van der Waals surface area contributed by atoms with E-state index in [9.17, 15) is 9.90 Å². The summed E-state index contributed by atoms with van der Waals surface area (Å²) in [4.78, 5) is 16.1. The number of nitrogens with one attached hydrogen (secondary N) is 1. The van der Waals surface area contributed by atoms with Crippen molar-refractivity contribution in [3.8, 4) is 17.0 Å². The van der Waals surface area contributed by atoms with Crippen molar-refractivity contribution in [1.82, 2.24) is 4.98 Å². The fourth-order valence-corrected chi connectivity index (χ4v) is 3.21. The topological polar surface area (TPSA) is 71.5 Å². The Labute approximate surface area is 149 Å². The number of anilines is 1. The Bertz CT molecular complexity index is 831. The quantitative estimate of drug-likeness (QED) is 0.673. The van der Waals surface area contributed by atoms with Gasteiger partial charge in [0.25, 0.3) is 0 Å². The number of aromatic nitrogens is 1. The number of methoxy groups -OCH3 is 1. The summed E-state index contributed by atoms with van der Waals surface area (Å²) in [6, 6.07) is 16.4. The monoisotopic (exact) mass is 354 g/mol. The third-order valence-electron chi connectivity index (χ3n) is 3.77. The fourth-order valence-electron chi connectivity index (χ4n) is 2.43. The Morgan fingerprint density at radius 1 is 1.20 bits per heavy atom. The Hall–Kier alpha value is -2.86. The first kappa shape index (κ1) is 17.0. The molecule has 5 nitrogen and oxygen atoms in total. The Kier molecular flexibility index (Phi) is 5.30. The molecule has 0 amide bonds. The lowest BCUT2D eigenvalue weighted by molar-refractivity contribution is -0.137. The lowest BCUT2D eigenvalue weighted by Gasteiger charge is -2.13. The maximum absolute atomic E-state index is 11.6. The highest BCUT2D eigenvalue weighted by molar-refractivity contribution is 7.14. The van der Waals surface area contributed by atoms with Crippen molar-refractivity contribution in [2.75, 3.05) is 12.4 Å². The lowest BCUT2D eigenvalue weighted by atomic mass is 10.1. The molecule has 0 unspecified atom stereocenters. The van der Waals surface area contributed by atoms with Crippen LogP contribution in [0.5, 0.6) is 5.75 Å². The molecule has 1 atom stereocenters. The zero-order chi connectivity index (χ0) is 17.6. The average Bonchev–Trinajstić information content (AvgIpc) is 3.10. The van der Waals surface area contributed by atoms with Crippen LogP contribution in [0, 0.1) is 0 Å². The van der Waals surface area contributed by atoms with Crippen molar-refractivity contribution >= 4 is 22.4 Å². The summed E-state index contributed by atoms with van der Waals surface area (Å²) >= 11 is 1.39. The molecule has 128 valence electrons. The van der Waals surface area contributed by atoms with Crippen molar-refractivity contribution in [1.29, 1.82) is 0 Å². The third-order valence-corrected chi connectivity index (χ3v) is 4.54. The van der Waals surface area contributed by atoms with Gasteiger partial charge in [-0.1, -0.05) is 30.3 Å². The maximum atomic E-state index is 11.6. The molecule has 0 aliphatic rings. The van der Waals surface area contributed by atoms with Crippen molar-refractivity contribution in [3.63, 3.8) is 0 Å². The van der Waals surface area contributed by atoms with Crippen LogP contribution >= 0.6 is 11.3 Å². The van der Waals surface area contributed by atoms with Gasteiger partial charge >= 0.3 is 5.97 Å². The van der Waals surface area contributed by atoms with Gasteiger partial charge in [-0.2, -0.15) is 0 Å². The summed E-state index contributed by atoms with van der Waals surface area (Å²) in [5.74, 6) is -0.115. The summed E-state index contributed by atoms with van der Waals surface area (Å²) in [6.45, 7) is 0. The normalized spacial score (nSPS) is 11.7. The number of carboxylic acid groups (broad SMARTS) is 1. The molecule has 0 fully saturated rings. The predicted molar refractivity (Wildman–Crippen MR) is 99.3 cm³/mol. The Morgan fingerprint density at radius 3 is 2.56 bits per heavy atom. The van der Waals surface area contributed by atoms with Gasteiger partial charge < -0.3 is 15.2 Å².